The van der Waals surface area contributed by atoms with Gasteiger partial charge < -0.3 is 24.6 Å². The summed E-state index contributed by atoms with van der Waals surface area (Å²) in [6.45, 7) is 2.32. The zero-order chi connectivity index (χ0) is 34.9. The van der Waals surface area contributed by atoms with Crippen LogP contribution in [-0.2, 0) is 32.7 Å². The molecule has 278 valence electrons. The highest BCUT2D eigenvalue weighted by Gasteiger charge is 2.27. The Morgan fingerprint density at radius 2 is 1.06 bits per heavy atom. The number of hydrogen-bond donors (Lipinski definition) is 3. The van der Waals surface area contributed by atoms with Gasteiger partial charge in [-0.05, 0) is 32.1 Å². The fourth-order valence-electron chi connectivity index (χ4n) is 4.97. The molecular formula is C36H69O10P. The van der Waals surface area contributed by atoms with E-state index in [0.717, 1.165) is 57.8 Å². The first-order chi connectivity index (χ1) is 22.7. The van der Waals surface area contributed by atoms with Crippen LogP contribution in [0.3, 0.4) is 0 Å². The van der Waals surface area contributed by atoms with Crippen molar-refractivity contribution in [3.8, 4) is 0 Å². The number of unbranched alkanes of at least 4 members (excludes halogenated alkanes) is 19. The number of allylic oxidation sites excluding steroid dienone is 2. The second kappa shape index (κ2) is 33.2. The molecule has 0 bridgehead atoms. The molecule has 0 aromatic rings. The number of aliphatic hydroxyl groups excluding tert-OH is 2. The first-order valence-electron chi connectivity index (χ1n) is 18.6. The molecule has 0 saturated heterocycles. The van der Waals surface area contributed by atoms with Crippen molar-refractivity contribution in [2.75, 3.05) is 26.4 Å². The van der Waals surface area contributed by atoms with E-state index in [1.54, 1.807) is 0 Å². The number of aliphatic hydroxyl groups is 2. The first-order valence-corrected chi connectivity index (χ1v) is 20.1. The maximum atomic E-state index is 12.5. The van der Waals surface area contributed by atoms with Crippen LogP contribution in [0.15, 0.2) is 12.2 Å². The van der Waals surface area contributed by atoms with Crippen LogP contribution < -0.4 is 0 Å². The number of carbonyl (C=O) groups excluding carboxylic acids is 2. The average Bonchev–Trinajstić information content (AvgIpc) is 3.05. The predicted octanol–water partition coefficient (Wildman–Crippen LogP) is 8.89. The van der Waals surface area contributed by atoms with Gasteiger partial charge >= 0.3 is 19.8 Å². The molecule has 47 heavy (non-hydrogen) atoms. The lowest BCUT2D eigenvalue weighted by Gasteiger charge is -2.20. The minimum absolute atomic E-state index is 0.177. The summed E-state index contributed by atoms with van der Waals surface area (Å²) in [5.41, 5.74) is 0. The van der Waals surface area contributed by atoms with Crippen LogP contribution in [0.1, 0.15) is 168 Å². The highest BCUT2D eigenvalue weighted by atomic mass is 31.2. The molecule has 0 fully saturated rings. The topological polar surface area (TPSA) is 149 Å². The van der Waals surface area contributed by atoms with Gasteiger partial charge in [-0.2, -0.15) is 0 Å². The Morgan fingerprint density at radius 1 is 0.617 bits per heavy atom. The van der Waals surface area contributed by atoms with Gasteiger partial charge in [0.05, 0.1) is 19.8 Å². The fourth-order valence-corrected chi connectivity index (χ4v) is 5.76. The van der Waals surface area contributed by atoms with E-state index in [1.807, 2.05) is 0 Å². The van der Waals surface area contributed by atoms with Gasteiger partial charge in [0.25, 0.3) is 0 Å². The van der Waals surface area contributed by atoms with Crippen molar-refractivity contribution in [3.63, 3.8) is 0 Å². The molecule has 0 aromatic heterocycles. The Kier molecular flexibility index (Phi) is 32.3. The van der Waals surface area contributed by atoms with E-state index < -0.39 is 51.8 Å². The second-order valence-corrected chi connectivity index (χ2v) is 14.1. The van der Waals surface area contributed by atoms with E-state index >= 15 is 0 Å². The van der Waals surface area contributed by atoms with Gasteiger partial charge in [0, 0.05) is 12.8 Å². The average molecular weight is 693 g/mol. The summed E-state index contributed by atoms with van der Waals surface area (Å²) in [5, 5.41) is 18.2. The van der Waals surface area contributed by atoms with Crippen molar-refractivity contribution in [2.45, 2.75) is 180 Å². The molecule has 0 aliphatic heterocycles. The van der Waals surface area contributed by atoms with E-state index in [1.165, 1.54) is 70.6 Å². The smallest absolute Gasteiger partial charge is 0.462 e. The summed E-state index contributed by atoms with van der Waals surface area (Å²) < 4.78 is 32.5. The molecule has 0 aliphatic carbocycles. The Labute approximate surface area is 286 Å². The molecule has 10 nitrogen and oxygen atoms in total. The van der Waals surface area contributed by atoms with Gasteiger partial charge in [-0.1, -0.05) is 135 Å². The highest BCUT2D eigenvalue weighted by molar-refractivity contribution is 7.47. The summed E-state index contributed by atoms with van der Waals surface area (Å²) in [6.07, 6.45) is 27.6. The quantitative estimate of drug-likeness (QED) is 0.0254. The summed E-state index contributed by atoms with van der Waals surface area (Å²) in [7, 11) is -4.60. The molecule has 0 radical (unpaired) electrons. The number of rotatable bonds is 35. The highest BCUT2D eigenvalue weighted by Crippen LogP contribution is 2.43. The van der Waals surface area contributed by atoms with E-state index in [-0.39, 0.29) is 19.4 Å². The van der Waals surface area contributed by atoms with Crippen LogP contribution in [0.25, 0.3) is 0 Å². The standard InChI is InChI=1S/C36H69O10P/c1-3-5-7-9-11-13-15-16-18-19-21-23-25-27-35(39)43-31-34(32-45-47(41,42)44-30-33(38)29-37)46-36(40)28-26-24-22-20-17-14-12-10-8-6-4-2/h10,12,33-34,37-38H,3-9,11,13-32H2,1-2H3,(H,41,42)/b12-10-/t33-,34+/m0/s1. The van der Waals surface area contributed by atoms with Gasteiger partial charge in [-0.3, -0.25) is 18.6 Å². The van der Waals surface area contributed by atoms with Crippen molar-refractivity contribution in [1.29, 1.82) is 0 Å². The van der Waals surface area contributed by atoms with Crippen LogP contribution in [0.5, 0.6) is 0 Å². The minimum atomic E-state index is -4.60. The molecule has 0 spiro atoms. The number of carbonyl (C=O) groups is 2. The van der Waals surface area contributed by atoms with Crippen molar-refractivity contribution < 1.29 is 47.8 Å². The molecule has 0 saturated carbocycles. The molecule has 0 heterocycles. The third-order valence-corrected chi connectivity index (χ3v) is 8.87. The van der Waals surface area contributed by atoms with Crippen molar-refractivity contribution in [1.82, 2.24) is 0 Å². The molecule has 3 atom stereocenters. The first kappa shape index (κ1) is 45.7. The zero-order valence-electron chi connectivity index (χ0n) is 29.8. The number of phosphoric ester groups is 1. The summed E-state index contributed by atoms with van der Waals surface area (Å²) in [5.74, 6) is -0.932. The maximum absolute atomic E-state index is 12.5. The van der Waals surface area contributed by atoms with Crippen molar-refractivity contribution in [3.05, 3.63) is 12.2 Å². The van der Waals surface area contributed by atoms with Crippen LogP contribution in [0.2, 0.25) is 0 Å². The van der Waals surface area contributed by atoms with E-state index in [0.29, 0.717) is 12.8 Å². The number of esters is 2. The van der Waals surface area contributed by atoms with Crippen molar-refractivity contribution >= 4 is 19.8 Å². The van der Waals surface area contributed by atoms with Crippen LogP contribution in [0, 0.1) is 0 Å². The molecular weight excluding hydrogens is 623 g/mol. The van der Waals surface area contributed by atoms with Gasteiger partial charge in [0.2, 0.25) is 0 Å². The van der Waals surface area contributed by atoms with Crippen LogP contribution in [-0.4, -0.2) is 65.7 Å². The lowest BCUT2D eigenvalue weighted by atomic mass is 10.0. The van der Waals surface area contributed by atoms with Crippen molar-refractivity contribution in [2.24, 2.45) is 0 Å². The Morgan fingerprint density at radius 3 is 1.60 bits per heavy atom. The summed E-state index contributed by atoms with van der Waals surface area (Å²) in [4.78, 5) is 34.7. The minimum Gasteiger partial charge on any atom is -0.462 e. The third kappa shape index (κ3) is 33.0. The molecule has 1 unspecified atom stereocenters. The van der Waals surface area contributed by atoms with E-state index in [9.17, 15) is 24.2 Å². The summed E-state index contributed by atoms with van der Waals surface area (Å²) >= 11 is 0. The van der Waals surface area contributed by atoms with Gasteiger partial charge in [0.15, 0.2) is 6.10 Å². The number of hydrogen-bond acceptors (Lipinski definition) is 9. The molecule has 0 rings (SSSR count). The Hall–Kier alpha value is -1.29. The fraction of sp³-hybridized carbons (Fsp3) is 0.889. The van der Waals surface area contributed by atoms with Gasteiger partial charge in [0.1, 0.15) is 12.7 Å². The van der Waals surface area contributed by atoms with Crippen LogP contribution in [0.4, 0.5) is 0 Å². The lowest BCUT2D eigenvalue weighted by Crippen LogP contribution is -2.29. The zero-order valence-corrected chi connectivity index (χ0v) is 30.6. The third-order valence-electron chi connectivity index (χ3n) is 7.92. The second-order valence-electron chi connectivity index (χ2n) is 12.6. The van der Waals surface area contributed by atoms with E-state index in [2.05, 4.69) is 30.5 Å². The Balaban J connectivity index is 4.37. The summed E-state index contributed by atoms with van der Waals surface area (Å²) in [6, 6.07) is 0. The van der Waals surface area contributed by atoms with E-state index in [4.69, 9.17) is 19.1 Å². The van der Waals surface area contributed by atoms with Gasteiger partial charge in [-0.15, -0.1) is 0 Å². The number of phosphoric acid groups is 1. The number of ether oxygens (including phenoxy) is 2. The van der Waals surface area contributed by atoms with Crippen LogP contribution >= 0.6 is 7.82 Å². The molecule has 0 amide bonds. The molecule has 3 N–H and O–H groups in total. The maximum Gasteiger partial charge on any atom is 0.472 e. The molecule has 0 aromatic carbocycles. The predicted molar refractivity (Wildman–Crippen MR) is 187 cm³/mol. The molecule has 11 heteroatoms. The Bertz CT molecular complexity index is 807. The monoisotopic (exact) mass is 692 g/mol. The lowest BCUT2D eigenvalue weighted by molar-refractivity contribution is -0.161. The largest absolute Gasteiger partial charge is 0.472 e. The SMILES string of the molecule is CCCC/C=C\CCCCCCCC(=O)O[C@H](COC(=O)CCCCCCCCCCCCCCC)COP(=O)(O)OC[C@@H](O)CO. The van der Waals surface area contributed by atoms with Gasteiger partial charge in [-0.25, -0.2) is 4.57 Å². The normalized spacial score (nSPS) is 14.2. The molecule has 0 aliphatic rings.